The molecule has 0 bridgehead atoms. The summed E-state index contributed by atoms with van der Waals surface area (Å²) in [5.74, 6) is 0.363. The number of aromatic hydroxyl groups is 2. The Labute approximate surface area is 106 Å². The van der Waals surface area contributed by atoms with Gasteiger partial charge in [0.15, 0.2) is 11.3 Å². The van der Waals surface area contributed by atoms with Crippen molar-refractivity contribution in [3.8, 4) is 11.5 Å². The van der Waals surface area contributed by atoms with E-state index in [4.69, 9.17) is 4.42 Å². The van der Waals surface area contributed by atoms with Crippen LogP contribution in [-0.2, 0) is 6.42 Å². The first-order chi connectivity index (χ1) is 8.57. The third-order valence-electron chi connectivity index (χ3n) is 3.32. The molecule has 1 aromatic carbocycles. The fourth-order valence-corrected chi connectivity index (χ4v) is 2.26. The zero-order valence-corrected chi connectivity index (χ0v) is 10.9. The van der Waals surface area contributed by atoms with Gasteiger partial charge in [-0.05, 0) is 44.7 Å². The maximum atomic E-state index is 10.2. The van der Waals surface area contributed by atoms with Crippen molar-refractivity contribution in [2.24, 2.45) is 0 Å². The van der Waals surface area contributed by atoms with Crippen molar-refractivity contribution in [2.75, 3.05) is 0 Å². The lowest BCUT2D eigenvalue weighted by Gasteiger charge is -2.11. The predicted octanol–water partition coefficient (Wildman–Crippen LogP) is 3.97. The van der Waals surface area contributed by atoms with Gasteiger partial charge in [0.25, 0.3) is 0 Å². The molecule has 0 unspecified atom stereocenters. The Morgan fingerprint density at radius 3 is 2.61 bits per heavy atom. The number of phenolic OH excluding ortho intramolecular Hbond substituents is 2. The van der Waals surface area contributed by atoms with E-state index in [-0.39, 0.29) is 11.5 Å². The fourth-order valence-electron chi connectivity index (χ4n) is 2.26. The van der Waals surface area contributed by atoms with Crippen LogP contribution in [0.5, 0.6) is 11.5 Å². The Kier molecular flexibility index (Phi) is 3.32. The highest BCUT2D eigenvalue weighted by atomic mass is 16.3. The maximum Gasteiger partial charge on any atom is 0.179 e. The molecule has 0 saturated heterocycles. The van der Waals surface area contributed by atoms with Crippen molar-refractivity contribution < 1.29 is 14.6 Å². The third kappa shape index (κ3) is 1.86. The zero-order valence-electron chi connectivity index (χ0n) is 10.9. The summed E-state index contributed by atoms with van der Waals surface area (Å²) in [5, 5.41) is 21.1. The number of allylic oxidation sites excluding steroid dienone is 2. The fraction of sp³-hybridized carbons (Fsp3) is 0.333. The lowest BCUT2D eigenvalue weighted by molar-refractivity contribution is 0.448. The number of fused-ring (bicyclic) bond motifs is 1. The van der Waals surface area contributed by atoms with E-state index in [1.165, 1.54) is 0 Å². The van der Waals surface area contributed by atoms with Gasteiger partial charge in [-0.1, -0.05) is 12.2 Å². The molecule has 1 heterocycles. The van der Waals surface area contributed by atoms with Crippen LogP contribution in [0.15, 0.2) is 22.8 Å². The summed E-state index contributed by atoms with van der Waals surface area (Å²) in [6, 6.07) is 0. The van der Waals surface area contributed by atoms with E-state index in [0.29, 0.717) is 17.4 Å². The molecule has 3 nitrogen and oxygen atoms in total. The van der Waals surface area contributed by atoms with Gasteiger partial charge in [0, 0.05) is 5.56 Å². The summed E-state index contributed by atoms with van der Waals surface area (Å²) >= 11 is 0. The second kappa shape index (κ2) is 4.77. The SMILES string of the molecule is C/C=C\CCc1c(C)c(O)c2c(C)coc2c1O. The summed E-state index contributed by atoms with van der Waals surface area (Å²) in [6.07, 6.45) is 7.08. The normalized spacial score (nSPS) is 11.7. The Hall–Kier alpha value is -1.90. The number of benzene rings is 1. The van der Waals surface area contributed by atoms with E-state index < -0.39 is 0 Å². The van der Waals surface area contributed by atoms with Gasteiger partial charge in [-0.15, -0.1) is 0 Å². The summed E-state index contributed by atoms with van der Waals surface area (Å²) < 4.78 is 5.33. The average molecular weight is 246 g/mol. The van der Waals surface area contributed by atoms with Crippen LogP contribution in [0, 0.1) is 13.8 Å². The molecule has 0 aliphatic carbocycles. The second-order valence-electron chi connectivity index (χ2n) is 4.53. The summed E-state index contributed by atoms with van der Waals surface area (Å²) in [4.78, 5) is 0. The van der Waals surface area contributed by atoms with E-state index >= 15 is 0 Å². The van der Waals surface area contributed by atoms with Gasteiger partial charge < -0.3 is 14.6 Å². The average Bonchev–Trinajstić information content (AvgIpc) is 2.73. The number of hydrogen-bond acceptors (Lipinski definition) is 3. The topological polar surface area (TPSA) is 53.6 Å². The predicted molar refractivity (Wildman–Crippen MR) is 72.2 cm³/mol. The minimum atomic E-state index is 0.151. The van der Waals surface area contributed by atoms with Gasteiger partial charge in [0.2, 0.25) is 0 Å². The summed E-state index contributed by atoms with van der Waals surface area (Å²) in [5.41, 5.74) is 2.70. The molecule has 2 aromatic rings. The quantitative estimate of drug-likeness (QED) is 0.636. The van der Waals surface area contributed by atoms with Crippen molar-refractivity contribution in [1.29, 1.82) is 0 Å². The minimum absolute atomic E-state index is 0.151. The molecule has 0 fully saturated rings. The number of phenols is 2. The van der Waals surface area contributed by atoms with Crippen LogP contribution in [0.4, 0.5) is 0 Å². The van der Waals surface area contributed by atoms with Crippen molar-refractivity contribution in [2.45, 2.75) is 33.6 Å². The molecule has 0 saturated carbocycles. The van der Waals surface area contributed by atoms with Gasteiger partial charge in [-0.2, -0.15) is 0 Å². The Balaban J connectivity index is 2.60. The molecule has 18 heavy (non-hydrogen) atoms. The highest BCUT2D eigenvalue weighted by molar-refractivity contribution is 5.93. The Morgan fingerprint density at radius 1 is 1.22 bits per heavy atom. The van der Waals surface area contributed by atoms with Gasteiger partial charge in [0.1, 0.15) is 5.75 Å². The molecule has 2 rings (SSSR count). The monoisotopic (exact) mass is 246 g/mol. The first-order valence-corrected chi connectivity index (χ1v) is 6.10. The van der Waals surface area contributed by atoms with E-state index in [2.05, 4.69) is 0 Å². The van der Waals surface area contributed by atoms with E-state index in [0.717, 1.165) is 23.1 Å². The number of furan rings is 1. The molecule has 0 spiro atoms. The van der Waals surface area contributed by atoms with Crippen LogP contribution in [0.25, 0.3) is 11.0 Å². The molecule has 0 aliphatic heterocycles. The Morgan fingerprint density at radius 2 is 1.94 bits per heavy atom. The molecule has 0 aliphatic rings. The maximum absolute atomic E-state index is 10.2. The molecule has 0 atom stereocenters. The first-order valence-electron chi connectivity index (χ1n) is 6.10. The first kappa shape index (κ1) is 12.6. The molecule has 0 amide bonds. The highest BCUT2D eigenvalue weighted by Gasteiger charge is 2.19. The smallest absolute Gasteiger partial charge is 0.179 e. The Bertz CT molecular complexity index is 606. The van der Waals surface area contributed by atoms with Crippen LogP contribution >= 0.6 is 0 Å². The van der Waals surface area contributed by atoms with Gasteiger partial charge >= 0.3 is 0 Å². The van der Waals surface area contributed by atoms with E-state index in [9.17, 15) is 10.2 Å². The molecule has 1 aromatic heterocycles. The molecule has 96 valence electrons. The van der Waals surface area contributed by atoms with Crippen LogP contribution < -0.4 is 0 Å². The second-order valence-corrected chi connectivity index (χ2v) is 4.53. The summed E-state index contributed by atoms with van der Waals surface area (Å²) in [6.45, 7) is 5.64. The van der Waals surface area contributed by atoms with Crippen LogP contribution in [0.2, 0.25) is 0 Å². The number of aryl methyl sites for hydroxylation is 1. The molecule has 3 heteroatoms. The molecule has 2 N–H and O–H groups in total. The molecular formula is C15H18O3. The van der Waals surface area contributed by atoms with Crippen LogP contribution in [0.1, 0.15) is 30.0 Å². The van der Waals surface area contributed by atoms with E-state index in [1.807, 2.05) is 32.9 Å². The van der Waals surface area contributed by atoms with Crippen molar-refractivity contribution in [3.63, 3.8) is 0 Å². The summed E-state index contributed by atoms with van der Waals surface area (Å²) in [7, 11) is 0. The van der Waals surface area contributed by atoms with Gasteiger partial charge in [0.05, 0.1) is 11.6 Å². The lowest BCUT2D eigenvalue weighted by Crippen LogP contribution is -1.92. The van der Waals surface area contributed by atoms with Gasteiger partial charge in [-0.25, -0.2) is 0 Å². The standard InChI is InChI=1S/C15H18O3/c1-4-5-6-7-11-10(3)13(16)12-9(2)8-18-15(12)14(11)17/h4-5,8,16-17H,6-7H2,1-3H3/b5-4-. The third-order valence-corrected chi connectivity index (χ3v) is 3.32. The van der Waals surface area contributed by atoms with Crippen LogP contribution in [-0.4, -0.2) is 10.2 Å². The molecule has 0 radical (unpaired) electrons. The minimum Gasteiger partial charge on any atom is -0.507 e. The molecular weight excluding hydrogens is 228 g/mol. The van der Waals surface area contributed by atoms with Crippen molar-refractivity contribution >= 4 is 11.0 Å². The lowest BCUT2D eigenvalue weighted by atomic mass is 9.98. The largest absolute Gasteiger partial charge is 0.507 e. The van der Waals surface area contributed by atoms with E-state index in [1.54, 1.807) is 6.26 Å². The van der Waals surface area contributed by atoms with Crippen LogP contribution in [0.3, 0.4) is 0 Å². The zero-order chi connectivity index (χ0) is 13.3. The van der Waals surface area contributed by atoms with Gasteiger partial charge in [-0.3, -0.25) is 0 Å². The number of rotatable bonds is 3. The number of hydrogen-bond donors (Lipinski definition) is 2. The highest BCUT2D eigenvalue weighted by Crippen LogP contribution is 2.42. The van der Waals surface area contributed by atoms with Crippen molar-refractivity contribution in [3.05, 3.63) is 35.1 Å². The van der Waals surface area contributed by atoms with Crippen molar-refractivity contribution in [1.82, 2.24) is 0 Å².